The maximum atomic E-state index is 12.5. The van der Waals surface area contributed by atoms with Crippen LogP contribution in [0.25, 0.3) is 0 Å². The fourth-order valence-electron chi connectivity index (χ4n) is 3.80. The van der Waals surface area contributed by atoms with E-state index in [1.807, 2.05) is 37.3 Å². The summed E-state index contributed by atoms with van der Waals surface area (Å²) in [6, 6.07) is 7.72. The second-order valence-corrected chi connectivity index (χ2v) is 8.46. The van der Waals surface area contributed by atoms with Gasteiger partial charge in [-0.2, -0.15) is 0 Å². The molecule has 1 aliphatic rings. The van der Waals surface area contributed by atoms with Crippen molar-refractivity contribution in [2.24, 2.45) is 0 Å². The van der Waals surface area contributed by atoms with E-state index < -0.39 is 0 Å². The van der Waals surface area contributed by atoms with E-state index in [0.29, 0.717) is 16.6 Å². The predicted molar refractivity (Wildman–Crippen MR) is 126 cm³/mol. The van der Waals surface area contributed by atoms with E-state index in [-0.39, 0.29) is 5.91 Å². The fraction of sp³-hybridized carbons (Fsp3) is 0.435. The quantitative estimate of drug-likeness (QED) is 0.432. The molecule has 0 spiro atoms. The second kappa shape index (κ2) is 10.9. The molecule has 5 nitrogen and oxygen atoms in total. The molecule has 1 aliphatic heterocycles. The minimum absolute atomic E-state index is 0.00554. The summed E-state index contributed by atoms with van der Waals surface area (Å²) in [4.78, 5) is 20.5. The van der Waals surface area contributed by atoms with Crippen molar-refractivity contribution >= 4 is 34.8 Å². The number of aromatic amines is 1. The summed E-state index contributed by atoms with van der Waals surface area (Å²) >= 11 is 12.5. The van der Waals surface area contributed by atoms with Gasteiger partial charge in [0, 0.05) is 44.1 Å². The highest BCUT2D eigenvalue weighted by molar-refractivity contribution is 6.43. The Morgan fingerprint density at radius 1 is 1.27 bits per heavy atom. The van der Waals surface area contributed by atoms with Crippen LogP contribution in [0.15, 0.2) is 36.9 Å². The maximum Gasteiger partial charge on any atom is 0.253 e. The number of piperazine rings is 1. The number of anilines is 1. The number of halogens is 2. The van der Waals surface area contributed by atoms with E-state index in [0.717, 1.165) is 74.6 Å². The van der Waals surface area contributed by atoms with Crippen molar-refractivity contribution in [2.75, 3.05) is 44.2 Å². The Morgan fingerprint density at radius 3 is 2.77 bits per heavy atom. The van der Waals surface area contributed by atoms with Gasteiger partial charge in [-0.1, -0.05) is 35.3 Å². The summed E-state index contributed by atoms with van der Waals surface area (Å²) < 4.78 is 0. The lowest BCUT2D eigenvalue weighted by Gasteiger charge is -2.36. The number of allylic oxidation sites excluding steroid dienone is 1. The normalized spacial score (nSPS) is 14.7. The van der Waals surface area contributed by atoms with E-state index in [1.165, 1.54) is 0 Å². The minimum atomic E-state index is -0.00554. The molecule has 162 valence electrons. The zero-order valence-corrected chi connectivity index (χ0v) is 19.0. The molecule has 2 heterocycles. The van der Waals surface area contributed by atoms with E-state index in [1.54, 1.807) is 0 Å². The van der Waals surface area contributed by atoms with Gasteiger partial charge in [0.05, 0.1) is 21.3 Å². The lowest BCUT2D eigenvalue weighted by atomic mass is 10.2. The summed E-state index contributed by atoms with van der Waals surface area (Å²) in [6.07, 6.45) is 4.59. The molecule has 1 amide bonds. The average Bonchev–Trinajstić information content (AvgIpc) is 3.12. The predicted octanol–water partition coefficient (Wildman–Crippen LogP) is 4.69. The van der Waals surface area contributed by atoms with Gasteiger partial charge in [-0.05, 0) is 50.9 Å². The molecule has 1 saturated heterocycles. The van der Waals surface area contributed by atoms with Crippen molar-refractivity contribution in [3.63, 3.8) is 0 Å². The van der Waals surface area contributed by atoms with Gasteiger partial charge in [0.15, 0.2) is 0 Å². The molecule has 0 atom stereocenters. The number of rotatable bonds is 9. The van der Waals surface area contributed by atoms with Crippen LogP contribution in [-0.2, 0) is 6.42 Å². The van der Waals surface area contributed by atoms with Crippen molar-refractivity contribution in [3.8, 4) is 0 Å². The zero-order valence-electron chi connectivity index (χ0n) is 17.5. The van der Waals surface area contributed by atoms with Crippen molar-refractivity contribution < 1.29 is 4.79 Å². The molecule has 3 rings (SSSR count). The zero-order chi connectivity index (χ0) is 21.5. The van der Waals surface area contributed by atoms with Crippen LogP contribution in [0.5, 0.6) is 0 Å². The number of carbonyl (C=O) groups is 1. The van der Waals surface area contributed by atoms with Crippen molar-refractivity contribution in [1.82, 2.24) is 15.2 Å². The highest BCUT2D eigenvalue weighted by Crippen LogP contribution is 2.32. The van der Waals surface area contributed by atoms with Crippen LogP contribution in [0.1, 0.15) is 34.6 Å². The van der Waals surface area contributed by atoms with Gasteiger partial charge in [0.2, 0.25) is 0 Å². The van der Waals surface area contributed by atoms with Crippen LogP contribution in [0, 0.1) is 6.92 Å². The summed E-state index contributed by atoms with van der Waals surface area (Å²) in [5, 5.41) is 4.27. The number of nitrogens with one attached hydrogen (secondary N) is 2. The number of aryl methyl sites for hydroxylation is 2. The van der Waals surface area contributed by atoms with Crippen LogP contribution < -0.4 is 10.2 Å². The molecule has 0 bridgehead atoms. The number of carbonyl (C=O) groups excluding carboxylic acids is 1. The third-order valence-electron chi connectivity index (χ3n) is 5.51. The molecule has 1 fully saturated rings. The smallest absolute Gasteiger partial charge is 0.253 e. The Kier molecular flexibility index (Phi) is 8.25. The van der Waals surface area contributed by atoms with Crippen LogP contribution in [0.4, 0.5) is 5.69 Å². The molecular weight excluding hydrogens is 419 g/mol. The molecule has 0 unspecified atom stereocenters. The Morgan fingerprint density at radius 2 is 2.03 bits per heavy atom. The summed E-state index contributed by atoms with van der Waals surface area (Å²) in [5.41, 5.74) is 3.74. The number of nitrogens with zero attached hydrogens (tertiary/aromatic N) is 2. The van der Waals surface area contributed by atoms with Crippen LogP contribution in [0.2, 0.25) is 10.0 Å². The first-order valence-electron chi connectivity index (χ1n) is 10.5. The fourth-order valence-corrected chi connectivity index (χ4v) is 4.22. The monoisotopic (exact) mass is 448 g/mol. The highest BCUT2D eigenvalue weighted by atomic mass is 35.5. The highest BCUT2D eigenvalue weighted by Gasteiger charge is 2.19. The number of aromatic nitrogens is 1. The molecule has 0 saturated carbocycles. The van der Waals surface area contributed by atoms with Crippen molar-refractivity contribution in [2.45, 2.75) is 26.2 Å². The summed E-state index contributed by atoms with van der Waals surface area (Å²) in [7, 11) is 0. The lowest BCUT2D eigenvalue weighted by molar-refractivity contribution is 0.0951. The lowest BCUT2D eigenvalue weighted by Crippen LogP contribution is -2.47. The van der Waals surface area contributed by atoms with E-state index in [9.17, 15) is 4.79 Å². The Labute approximate surface area is 189 Å². The van der Waals surface area contributed by atoms with Gasteiger partial charge in [-0.15, -0.1) is 6.58 Å². The standard InChI is InChI=1S/C23H30Cl2N4O/c1-3-4-7-18-16-19(17(2)27-18)23(30)26-10-6-11-28-12-14-29(15-13-28)21-9-5-8-20(24)22(21)25/h3,5,8-9,16,27H,1,4,6-7,10-15H2,2H3,(H,26,30). The molecule has 7 heteroatoms. The first-order valence-corrected chi connectivity index (χ1v) is 11.2. The van der Waals surface area contributed by atoms with Crippen molar-refractivity contribution in [1.29, 1.82) is 0 Å². The third-order valence-corrected chi connectivity index (χ3v) is 6.32. The minimum Gasteiger partial charge on any atom is -0.368 e. The van der Waals surface area contributed by atoms with Gasteiger partial charge < -0.3 is 15.2 Å². The van der Waals surface area contributed by atoms with Crippen LogP contribution in [-0.4, -0.2) is 55.1 Å². The number of H-pyrrole nitrogens is 1. The molecule has 2 N–H and O–H groups in total. The van der Waals surface area contributed by atoms with Gasteiger partial charge in [0.25, 0.3) is 5.91 Å². The van der Waals surface area contributed by atoms with Crippen molar-refractivity contribution in [3.05, 3.63) is 63.9 Å². The summed E-state index contributed by atoms with van der Waals surface area (Å²) in [6.45, 7) is 11.1. The first kappa shape index (κ1) is 22.7. The maximum absolute atomic E-state index is 12.5. The molecule has 1 aromatic carbocycles. The van der Waals surface area contributed by atoms with Gasteiger partial charge in [0.1, 0.15) is 0 Å². The molecule has 30 heavy (non-hydrogen) atoms. The van der Waals surface area contributed by atoms with Gasteiger partial charge in [-0.3, -0.25) is 9.69 Å². The van der Waals surface area contributed by atoms with Crippen LogP contribution in [0.3, 0.4) is 0 Å². The van der Waals surface area contributed by atoms with E-state index >= 15 is 0 Å². The van der Waals surface area contributed by atoms with Gasteiger partial charge >= 0.3 is 0 Å². The number of benzene rings is 1. The van der Waals surface area contributed by atoms with Gasteiger partial charge in [-0.25, -0.2) is 0 Å². The average molecular weight is 449 g/mol. The van der Waals surface area contributed by atoms with E-state index in [4.69, 9.17) is 23.2 Å². The molecular formula is C23H30Cl2N4O. The topological polar surface area (TPSA) is 51.4 Å². The number of hydrogen-bond donors (Lipinski definition) is 2. The summed E-state index contributed by atoms with van der Waals surface area (Å²) in [5.74, 6) is -0.00554. The Bertz CT molecular complexity index is 872. The largest absolute Gasteiger partial charge is 0.368 e. The first-order chi connectivity index (χ1) is 14.5. The number of hydrogen-bond acceptors (Lipinski definition) is 3. The Hall–Kier alpha value is -1.95. The third kappa shape index (κ3) is 5.81. The second-order valence-electron chi connectivity index (χ2n) is 7.67. The molecule has 0 aliphatic carbocycles. The Balaban J connectivity index is 1.38. The van der Waals surface area contributed by atoms with Crippen LogP contribution >= 0.6 is 23.2 Å². The molecule has 0 radical (unpaired) electrons. The molecule has 2 aromatic rings. The van der Waals surface area contributed by atoms with E-state index in [2.05, 4.69) is 26.7 Å². The molecule has 1 aromatic heterocycles. The SMILES string of the molecule is C=CCCc1cc(C(=O)NCCCN2CCN(c3cccc(Cl)c3Cl)CC2)c(C)[nH]1. The number of amides is 1.